The molecule has 0 aliphatic rings. The van der Waals surface area contributed by atoms with Crippen molar-refractivity contribution in [1.29, 1.82) is 0 Å². The lowest BCUT2D eigenvalue weighted by Gasteiger charge is -2.46. The topological polar surface area (TPSA) is 0 Å². The molecule has 0 aliphatic heterocycles. The van der Waals surface area contributed by atoms with Gasteiger partial charge >= 0.3 is 0 Å². The van der Waals surface area contributed by atoms with Crippen molar-refractivity contribution < 1.29 is 0 Å². The number of unbranched alkanes of at least 4 members (excludes halogenated alkanes) is 17. The first-order chi connectivity index (χ1) is 25.5. The summed E-state index contributed by atoms with van der Waals surface area (Å²) in [6.45, 7) is 17.5. The summed E-state index contributed by atoms with van der Waals surface area (Å²) in [5.41, 5.74) is -2.94. The van der Waals surface area contributed by atoms with Gasteiger partial charge in [0, 0.05) is 32.1 Å². The Labute approximate surface area is 326 Å². The highest BCUT2D eigenvalue weighted by molar-refractivity contribution is 5.58. The summed E-state index contributed by atoms with van der Waals surface area (Å²) < 4.78 is 0. The molecule has 0 aromatic rings. The van der Waals surface area contributed by atoms with Crippen LogP contribution in [-0.4, -0.2) is 0 Å². The number of rotatable bonds is 23. The first-order valence-corrected chi connectivity index (χ1v) is 21.6. The second kappa shape index (κ2) is 33.5. The SMILES string of the molecule is CC#CC(C=CCCCCCCCC)(CCCC)C(C#CCC)(C#CCCC)C(C#CC#CCCCCCC)(C#CCCCC)C#CCCCCC. The molecule has 0 spiro atoms. The monoisotopic (exact) mass is 701 g/mol. The van der Waals surface area contributed by atoms with Gasteiger partial charge in [-0.25, -0.2) is 0 Å². The number of hydrogen-bond donors (Lipinski definition) is 0. The minimum atomic E-state index is -1.16. The van der Waals surface area contributed by atoms with E-state index in [-0.39, 0.29) is 0 Å². The molecule has 0 bridgehead atoms. The van der Waals surface area contributed by atoms with E-state index in [1.165, 1.54) is 57.8 Å². The molecule has 0 radical (unpaired) electrons. The minimum Gasteiger partial charge on any atom is -0.106 e. The summed E-state index contributed by atoms with van der Waals surface area (Å²) in [4.78, 5) is 0. The maximum atomic E-state index is 3.86. The van der Waals surface area contributed by atoms with Crippen LogP contribution >= 0.6 is 0 Å². The third kappa shape index (κ3) is 18.9. The van der Waals surface area contributed by atoms with Gasteiger partial charge < -0.3 is 0 Å². The van der Waals surface area contributed by atoms with Crippen molar-refractivity contribution >= 4 is 0 Å². The van der Waals surface area contributed by atoms with Gasteiger partial charge in [0.15, 0.2) is 10.8 Å². The van der Waals surface area contributed by atoms with Crippen LogP contribution in [0.3, 0.4) is 0 Å². The molecule has 0 saturated heterocycles. The van der Waals surface area contributed by atoms with Crippen molar-refractivity contribution in [3.63, 3.8) is 0 Å². The molecule has 52 heavy (non-hydrogen) atoms. The Kier molecular flexibility index (Phi) is 31.3. The molecule has 0 aromatic carbocycles. The Morgan fingerprint density at radius 3 is 1.60 bits per heavy atom. The van der Waals surface area contributed by atoms with Crippen LogP contribution in [0.15, 0.2) is 12.2 Å². The van der Waals surface area contributed by atoms with Crippen molar-refractivity contribution in [3.05, 3.63) is 12.2 Å². The smallest absolute Gasteiger partial charge is 0.106 e. The molecule has 3 atom stereocenters. The van der Waals surface area contributed by atoms with E-state index in [9.17, 15) is 0 Å². The van der Waals surface area contributed by atoms with E-state index in [2.05, 4.69) is 144 Å². The molecule has 0 aromatic heterocycles. The standard InChI is InChI=1S/C52H76/c1-9-17-24-28-30-32-35-40-44-50(42-16-8,43-22-14-6)52(48-23-15-7,49-37-21-13-5)51(45-38-27-20-12-4,46-39-34-26-19-11-3)47-41-36-33-31-29-25-18-10-2/h40,44H,9-15,17-22,24-32,34-35,43H2,1-8H3. The third-order valence-corrected chi connectivity index (χ3v) is 9.40. The van der Waals surface area contributed by atoms with Gasteiger partial charge in [-0.2, -0.15) is 0 Å². The van der Waals surface area contributed by atoms with Crippen molar-refractivity contribution in [3.8, 4) is 82.9 Å². The Morgan fingerprint density at radius 2 is 0.962 bits per heavy atom. The quantitative estimate of drug-likeness (QED) is 0.0565. The maximum absolute atomic E-state index is 3.86. The molecular weight excluding hydrogens is 625 g/mol. The fourth-order valence-electron chi connectivity index (χ4n) is 6.28. The van der Waals surface area contributed by atoms with Gasteiger partial charge in [-0.1, -0.05) is 186 Å². The van der Waals surface area contributed by atoms with Crippen molar-refractivity contribution in [1.82, 2.24) is 0 Å². The Bertz CT molecular complexity index is 1400. The van der Waals surface area contributed by atoms with E-state index in [4.69, 9.17) is 0 Å². The second-order valence-corrected chi connectivity index (χ2v) is 14.1. The summed E-state index contributed by atoms with van der Waals surface area (Å²) in [7, 11) is 0. The molecule has 0 rings (SSSR count). The Hall–Kier alpha value is -3.34. The average molecular weight is 701 g/mol. The molecule has 0 nitrogen and oxygen atoms in total. The first kappa shape index (κ1) is 48.7. The molecule has 0 heterocycles. The van der Waals surface area contributed by atoms with Gasteiger partial charge in [-0.05, 0) is 63.7 Å². The first-order valence-electron chi connectivity index (χ1n) is 21.6. The van der Waals surface area contributed by atoms with Crippen LogP contribution in [0.2, 0.25) is 0 Å². The van der Waals surface area contributed by atoms with Crippen LogP contribution in [0.4, 0.5) is 0 Å². The summed E-state index contributed by atoms with van der Waals surface area (Å²) in [6.07, 6.45) is 31.4. The fourth-order valence-corrected chi connectivity index (χ4v) is 6.28. The molecule has 284 valence electrons. The van der Waals surface area contributed by atoms with Crippen molar-refractivity contribution in [2.24, 2.45) is 16.2 Å². The molecule has 0 amide bonds. The Morgan fingerprint density at radius 1 is 0.423 bits per heavy atom. The molecule has 0 heteroatoms. The summed E-state index contributed by atoms with van der Waals surface area (Å²) in [5, 5.41) is 0. The highest BCUT2D eigenvalue weighted by Gasteiger charge is 2.60. The van der Waals surface area contributed by atoms with Gasteiger partial charge in [0.1, 0.15) is 0 Å². The number of hydrogen-bond acceptors (Lipinski definition) is 0. The van der Waals surface area contributed by atoms with Crippen LogP contribution in [-0.2, 0) is 0 Å². The van der Waals surface area contributed by atoms with E-state index in [1.807, 2.05) is 6.92 Å². The summed E-state index contributed by atoms with van der Waals surface area (Å²) in [5.74, 6) is 50.3. The van der Waals surface area contributed by atoms with Crippen LogP contribution in [0.5, 0.6) is 0 Å². The fraction of sp³-hybridized carbons (Fsp3) is 0.692. The zero-order valence-electron chi connectivity index (χ0n) is 35.3. The zero-order chi connectivity index (χ0) is 38.5. The molecule has 0 fully saturated rings. The average Bonchev–Trinajstić information content (AvgIpc) is 3.15. The zero-order valence-corrected chi connectivity index (χ0v) is 35.3. The highest BCUT2D eigenvalue weighted by Crippen LogP contribution is 2.55. The Balaban J connectivity index is 8.22. The molecule has 0 aliphatic carbocycles. The second-order valence-electron chi connectivity index (χ2n) is 14.1. The van der Waals surface area contributed by atoms with Gasteiger partial charge in [0.2, 0.25) is 0 Å². The van der Waals surface area contributed by atoms with E-state index < -0.39 is 16.2 Å². The van der Waals surface area contributed by atoms with E-state index in [0.717, 1.165) is 96.3 Å². The highest BCUT2D eigenvalue weighted by atomic mass is 14.5. The number of allylic oxidation sites excluding steroid dienone is 2. The van der Waals surface area contributed by atoms with Crippen LogP contribution in [0.1, 0.15) is 216 Å². The van der Waals surface area contributed by atoms with Crippen LogP contribution in [0.25, 0.3) is 0 Å². The normalized spacial score (nSPS) is 13.5. The molecule has 3 unspecified atom stereocenters. The minimum absolute atomic E-state index is 0.705. The molecule has 0 saturated carbocycles. The van der Waals surface area contributed by atoms with Gasteiger partial charge in [-0.3, -0.25) is 0 Å². The van der Waals surface area contributed by atoms with Crippen LogP contribution in [0, 0.1) is 99.1 Å². The maximum Gasteiger partial charge on any atom is 0.182 e. The lowest BCUT2D eigenvalue weighted by molar-refractivity contribution is 0.206. The van der Waals surface area contributed by atoms with E-state index >= 15 is 0 Å². The summed E-state index contributed by atoms with van der Waals surface area (Å²) >= 11 is 0. The van der Waals surface area contributed by atoms with Gasteiger partial charge in [0.25, 0.3) is 0 Å². The predicted octanol–water partition coefficient (Wildman–Crippen LogP) is 14.4. The largest absolute Gasteiger partial charge is 0.182 e. The van der Waals surface area contributed by atoms with Crippen molar-refractivity contribution in [2.75, 3.05) is 0 Å². The summed E-state index contributed by atoms with van der Waals surface area (Å²) in [6, 6.07) is 0. The van der Waals surface area contributed by atoms with Gasteiger partial charge in [-0.15, -0.1) is 29.6 Å². The third-order valence-electron chi connectivity index (χ3n) is 9.40. The van der Waals surface area contributed by atoms with Crippen molar-refractivity contribution in [2.45, 2.75) is 216 Å². The molecular formula is C52H76. The predicted molar refractivity (Wildman–Crippen MR) is 232 cm³/mol. The van der Waals surface area contributed by atoms with Crippen LogP contribution < -0.4 is 0 Å². The van der Waals surface area contributed by atoms with Gasteiger partial charge in [0.05, 0.1) is 5.41 Å². The lowest BCUT2D eigenvalue weighted by Crippen LogP contribution is -2.50. The van der Waals surface area contributed by atoms with E-state index in [1.54, 1.807) is 0 Å². The molecule has 0 N–H and O–H groups in total. The lowest BCUT2D eigenvalue weighted by atomic mass is 9.50. The van der Waals surface area contributed by atoms with E-state index in [0.29, 0.717) is 6.42 Å².